The maximum atomic E-state index is 6.29. The molecule has 2 nitrogen and oxygen atoms in total. The van der Waals surface area contributed by atoms with Gasteiger partial charge in [0.1, 0.15) is 11.2 Å². The van der Waals surface area contributed by atoms with Crippen molar-refractivity contribution >= 4 is 45.1 Å². The quantitative estimate of drug-likeness (QED) is 0.185. The Morgan fingerprint density at radius 3 is 1.48 bits per heavy atom. The van der Waals surface area contributed by atoms with Gasteiger partial charge in [-0.2, -0.15) is 0 Å². The van der Waals surface area contributed by atoms with Gasteiger partial charge in [0.2, 0.25) is 0 Å². The molecule has 48 heavy (non-hydrogen) atoms. The van der Waals surface area contributed by atoms with Crippen LogP contribution in [0.3, 0.4) is 0 Å². The number of benzene rings is 7. The lowest BCUT2D eigenvalue weighted by Crippen LogP contribution is -2.09. The van der Waals surface area contributed by atoms with Gasteiger partial charge >= 0.3 is 0 Å². The van der Waals surface area contributed by atoms with Crippen molar-refractivity contribution in [1.82, 2.24) is 0 Å². The summed E-state index contributed by atoms with van der Waals surface area (Å²) >= 11 is 0. The minimum atomic E-state index is 0.932. The van der Waals surface area contributed by atoms with Gasteiger partial charge < -0.3 is 9.32 Å². The van der Waals surface area contributed by atoms with Crippen LogP contribution in [0.5, 0.6) is 0 Å². The van der Waals surface area contributed by atoms with E-state index in [1.54, 1.807) is 0 Å². The molecule has 1 aliphatic rings. The number of allylic oxidation sites excluding steroid dienone is 1. The van der Waals surface area contributed by atoms with Crippen LogP contribution < -0.4 is 4.90 Å². The lowest BCUT2D eigenvalue weighted by molar-refractivity contribution is 0.668. The molecule has 2 heteroatoms. The fourth-order valence-corrected chi connectivity index (χ4v) is 7.08. The van der Waals surface area contributed by atoms with Crippen LogP contribution in [0, 0.1) is 0 Å². The molecule has 0 bridgehead atoms. The second-order valence-corrected chi connectivity index (χ2v) is 12.5. The first-order valence-corrected chi connectivity index (χ1v) is 16.6. The SMILES string of the molecule is C1=Cc2c(ccc3oc4ccc(-c5ccc(N(c6ccc(-c7ccccc7)cc6)c6ccc(-c7ccccc7)cc6)cc5)cc4c23)CC1. The molecule has 0 spiro atoms. The van der Waals surface area contributed by atoms with E-state index in [0.29, 0.717) is 0 Å². The van der Waals surface area contributed by atoms with Crippen molar-refractivity contribution in [3.63, 3.8) is 0 Å². The van der Waals surface area contributed by atoms with Crippen molar-refractivity contribution in [2.24, 2.45) is 0 Å². The number of aryl methyl sites for hydroxylation is 1. The van der Waals surface area contributed by atoms with Crippen molar-refractivity contribution in [3.8, 4) is 33.4 Å². The third-order valence-electron chi connectivity index (χ3n) is 9.56. The zero-order chi connectivity index (χ0) is 31.9. The topological polar surface area (TPSA) is 16.4 Å². The van der Waals surface area contributed by atoms with Crippen molar-refractivity contribution < 1.29 is 4.42 Å². The molecule has 0 atom stereocenters. The molecule has 9 rings (SSSR count). The van der Waals surface area contributed by atoms with Crippen molar-refractivity contribution in [2.75, 3.05) is 4.90 Å². The predicted octanol–water partition coefficient (Wildman–Crippen LogP) is 13.0. The van der Waals surface area contributed by atoms with Crippen LogP contribution in [-0.4, -0.2) is 0 Å². The van der Waals surface area contributed by atoms with E-state index in [9.17, 15) is 0 Å². The van der Waals surface area contributed by atoms with Crippen molar-refractivity contribution in [3.05, 3.63) is 181 Å². The molecule has 0 saturated carbocycles. The molecule has 0 saturated heterocycles. The first-order valence-electron chi connectivity index (χ1n) is 16.6. The van der Waals surface area contributed by atoms with E-state index in [-0.39, 0.29) is 0 Å². The Labute approximate surface area is 280 Å². The molecule has 8 aromatic rings. The lowest BCUT2D eigenvalue weighted by atomic mass is 9.92. The Hall–Kier alpha value is -6.12. The molecule has 0 N–H and O–H groups in total. The molecular formula is C46H33NO. The summed E-state index contributed by atoms with van der Waals surface area (Å²) in [4.78, 5) is 2.33. The molecule has 0 fully saturated rings. The molecule has 0 amide bonds. The van der Waals surface area contributed by atoms with Gasteiger partial charge in [-0.3, -0.25) is 0 Å². The monoisotopic (exact) mass is 615 g/mol. The molecule has 0 radical (unpaired) electrons. The standard InChI is InChI=1S/C46H33NO/c1-3-9-32(10-4-1)34-15-23-39(24-16-34)47(40-25-17-35(18-26-40)33-11-5-2-6-12-33)41-27-19-36(20-28-41)38-22-29-44-43(31-38)46-42-14-8-7-13-37(42)21-30-45(46)48-44/h1-6,8-12,14-31H,7,13H2. The van der Waals surface area contributed by atoms with Gasteiger partial charge in [0.05, 0.1) is 0 Å². The van der Waals surface area contributed by atoms with E-state index < -0.39 is 0 Å². The number of fused-ring (bicyclic) bond motifs is 5. The first-order chi connectivity index (χ1) is 23.8. The number of nitrogens with zero attached hydrogens (tertiary/aromatic N) is 1. The summed E-state index contributed by atoms with van der Waals surface area (Å²) in [7, 11) is 0. The number of rotatable bonds is 6. The van der Waals surface area contributed by atoms with E-state index >= 15 is 0 Å². The number of anilines is 3. The molecule has 0 unspecified atom stereocenters. The maximum Gasteiger partial charge on any atom is 0.136 e. The average molecular weight is 616 g/mol. The fraction of sp³-hybridized carbons (Fsp3) is 0.0435. The minimum absolute atomic E-state index is 0.932. The Morgan fingerprint density at radius 2 is 0.917 bits per heavy atom. The van der Waals surface area contributed by atoms with Gasteiger partial charge in [0.15, 0.2) is 0 Å². The first kappa shape index (κ1) is 28.1. The highest BCUT2D eigenvalue weighted by Crippen LogP contribution is 2.40. The Balaban J connectivity index is 1.10. The van der Waals surface area contributed by atoms with Crippen molar-refractivity contribution in [2.45, 2.75) is 12.8 Å². The maximum absolute atomic E-state index is 6.29. The summed E-state index contributed by atoms with van der Waals surface area (Å²) in [6, 6.07) is 58.7. The van der Waals surface area contributed by atoms with Crippen LogP contribution in [0.4, 0.5) is 17.1 Å². The summed E-state index contributed by atoms with van der Waals surface area (Å²) < 4.78 is 6.29. The van der Waals surface area contributed by atoms with Gasteiger partial charge in [-0.25, -0.2) is 0 Å². The number of hydrogen-bond donors (Lipinski definition) is 0. The summed E-state index contributed by atoms with van der Waals surface area (Å²) in [6.45, 7) is 0. The van der Waals surface area contributed by atoms with Crippen LogP contribution in [0.25, 0.3) is 61.4 Å². The van der Waals surface area contributed by atoms with E-state index in [1.807, 2.05) is 0 Å². The van der Waals surface area contributed by atoms with Crippen LogP contribution >= 0.6 is 0 Å². The second kappa shape index (κ2) is 11.9. The minimum Gasteiger partial charge on any atom is -0.456 e. The Bertz CT molecular complexity index is 2320. The molecule has 1 heterocycles. The normalized spacial score (nSPS) is 12.3. The zero-order valence-corrected chi connectivity index (χ0v) is 26.5. The number of furan rings is 1. The van der Waals surface area contributed by atoms with Gasteiger partial charge in [-0.05, 0) is 112 Å². The van der Waals surface area contributed by atoms with E-state index in [0.717, 1.165) is 41.1 Å². The summed E-state index contributed by atoms with van der Waals surface area (Å²) in [6.07, 6.45) is 6.72. The Kier molecular flexibility index (Phi) is 6.98. The third-order valence-corrected chi connectivity index (χ3v) is 9.56. The number of hydrogen-bond acceptors (Lipinski definition) is 2. The van der Waals surface area contributed by atoms with Crippen LogP contribution in [0.1, 0.15) is 17.5 Å². The molecular weight excluding hydrogens is 583 g/mol. The Morgan fingerprint density at radius 1 is 0.438 bits per heavy atom. The van der Waals surface area contributed by atoms with Gasteiger partial charge in [-0.1, -0.05) is 121 Å². The van der Waals surface area contributed by atoms with E-state index in [4.69, 9.17) is 4.42 Å². The fourth-order valence-electron chi connectivity index (χ4n) is 7.08. The van der Waals surface area contributed by atoms with Crippen LogP contribution in [0.2, 0.25) is 0 Å². The second-order valence-electron chi connectivity index (χ2n) is 12.5. The molecule has 1 aromatic heterocycles. The van der Waals surface area contributed by atoms with Gasteiger partial charge in [0, 0.05) is 27.8 Å². The molecule has 1 aliphatic carbocycles. The van der Waals surface area contributed by atoms with Crippen LogP contribution in [-0.2, 0) is 6.42 Å². The predicted molar refractivity (Wildman–Crippen MR) is 202 cm³/mol. The zero-order valence-electron chi connectivity index (χ0n) is 26.5. The largest absolute Gasteiger partial charge is 0.456 e. The molecule has 0 aliphatic heterocycles. The molecule has 228 valence electrons. The third kappa shape index (κ3) is 5.09. The van der Waals surface area contributed by atoms with E-state index in [1.165, 1.54) is 55.3 Å². The van der Waals surface area contributed by atoms with E-state index in [2.05, 4.69) is 181 Å². The highest BCUT2D eigenvalue weighted by molar-refractivity contribution is 6.10. The lowest BCUT2D eigenvalue weighted by Gasteiger charge is -2.26. The van der Waals surface area contributed by atoms with Gasteiger partial charge in [0.25, 0.3) is 0 Å². The highest BCUT2D eigenvalue weighted by Gasteiger charge is 2.17. The van der Waals surface area contributed by atoms with Gasteiger partial charge in [-0.15, -0.1) is 0 Å². The van der Waals surface area contributed by atoms with Crippen LogP contribution in [0.15, 0.2) is 174 Å². The smallest absolute Gasteiger partial charge is 0.136 e. The summed E-state index contributed by atoms with van der Waals surface area (Å²) in [5, 5.41) is 2.40. The summed E-state index contributed by atoms with van der Waals surface area (Å²) in [5.74, 6) is 0. The molecule has 7 aromatic carbocycles. The van der Waals surface area contributed by atoms with Crippen molar-refractivity contribution in [1.29, 1.82) is 0 Å². The average Bonchev–Trinajstić information content (AvgIpc) is 3.55. The highest BCUT2D eigenvalue weighted by atomic mass is 16.3. The summed E-state index contributed by atoms with van der Waals surface area (Å²) in [5.41, 5.74) is 15.1.